The summed E-state index contributed by atoms with van der Waals surface area (Å²) in [5.41, 5.74) is 2.50. The van der Waals surface area contributed by atoms with Gasteiger partial charge in [0.25, 0.3) is 0 Å². The van der Waals surface area contributed by atoms with Crippen molar-refractivity contribution in [1.82, 2.24) is 0 Å². The van der Waals surface area contributed by atoms with Crippen molar-refractivity contribution in [1.29, 1.82) is 0 Å². The Morgan fingerprint density at radius 3 is 2.50 bits per heavy atom. The van der Waals surface area contributed by atoms with Gasteiger partial charge in [0.1, 0.15) is 0 Å². The van der Waals surface area contributed by atoms with E-state index < -0.39 is 5.92 Å². The lowest BCUT2D eigenvalue weighted by Gasteiger charge is -2.17. The number of hydrogen-bond acceptors (Lipinski definition) is 2. The second-order valence-corrected chi connectivity index (χ2v) is 6.67. The Morgan fingerprint density at radius 2 is 1.83 bits per heavy atom. The molecular formula is C18H16Cl2N2O2. The van der Waals surface area contributed by atoms with Gasteiger partial charge in [0.15, 0.2) is 0 Å². The van der Waals surface area contributed by atoms with E-state index in [2.05, 4.69) is 5.32 Å². The Kier molecular flexibility index (Phi) is 4.78. The maximum atomic E-state index is 12.4. The lowest BCUT2D eigenvalue weighted by atomic mass is 10.1. The van der Waals surface area contributed by atoms with Crippen LogP contribution in [0.5, 0.6) is 0 Å². The van der Waals surface area contributed by atoms with Crippen LogP contribution < -0.4 is 10.2 Å². The van der Waals surface area contributed by atoms with Crippen molar-refractivity contribution >= 4 is 46.4 Å². The van der Waals surface area contributed by atoms with Crippen LogP contribution in [0.1, 0.15) is 12.0 Å². The third-order valence-corrected chi connectivity index (χ3v) is 4.77. The molecule has 24 heavy (non-hydrogen) atoms. The minimum Gasteiger partial charge on any atom is -0.326 e. The summed E-state index contributed by atoms with van der Waals surface area (Å²) in [5.74, 6) is -0.641. The molecule has 0 radical (unpaired) electrons. The molecule has 1 fully saturated rings. The molecule has 1 heterocycles. The zero-order valence-electron chi connectivity index (χ0n) is 13.1. The zero-order chi connectivity index (χ0) is 17.3. The van der Waals surface area contributed by atoms with Gasteiger partial charge < -0.3 is 10.2 Å². The molecule has 2 aromatic carbocycles. The van der Waals surface area contributed by atoms with Crippen LogP contribution in [0.3, 0.4) is 0 Å². The normalized spacial score (nSPS) is 17.2. The van der Waals surface area contributed by atoms with Gasteiger partial charge in [-0.05, 0) is 37.3 Å². The molecule has 124 valence electrons. The summed E-state index contributed by atoms with van der Waals surface area (Å²) in [6, 6.07) is 12.6. The minimum atomic E-state index is -0.395. The molecule has 0 aromatic heterocycles. The molecule has 3 rings (SSSR count). The molecule has 4 nitrogen and oxygen atoms in total. The third-order valence-electron chi connectivity index (χ3n) is 4.03. The van der Waals surface area contributed by atoms with E-state index >= 15 is 0 Å². The monoisotopic (exact) mass is 362 g/mol. The maximum absolute atomic E-state index is 12.4. The van der Waals surface area contributed by atoms with Crippen molar-refractivity contribution in [3.05, 3.63) is 58.1 Å². The van der Waals surface area contributed by atoms with Crippen LogP contribution in [0.25, 0.3) is 0 Å². The molecule has 1 atom stereocenters. The summed E-state index contributed by atoms with van der Waals surface area (Å²) < 4.78 is 0. The van der Waals surface area contributed by atoms with Gasteiger partial charge in [-0.3, -0.25) is 9.59 Å². The Balaban J connectivity index is 1.69. The molecule has 1 aliphatic heterocycles. The molecule has 0 aliphatic carbocycles. The highest BCUT2D eigenvalue weighted by atomic mass is 35.5. The van der Waals surface area contributed by atoms with E-state index in [1.807, 2.05) is 31.2 Å². The number of carbonyl (C=O) groups excluding carboxylic acids is 2. The van der Waals surface area contributed by atoms with Crippen molar-refractivity contribution in [2.24, 2.45) is 5.92 Å². The van der Waals surface area contributed by atoms with Gasteiger partial charge in [-0.2, -0.15) is 0 Å². The number of amides is 2. The second kappa shape index (κ2) is 6.83. The van der Waals surface area contributed by atoms with E-state index in [0.29, 0.717) is 22.3 Å². The van der Waals surface area contributed by atoms with Gasteiger partial charge in [0.2, 0.25) is 11.8 Å². The van der Waals surface area contributed by atoms with Gasteiger partial charge in [-0.25, -0.2) is 0 Å². The molecule has 1 aliphatic rings. The number of anilines is 2. The van der Waals surface area contributed by atoms with E-state index in [1.54, 1.807) is 23.1 Å². The summed E-state index contributed by atoms with van der Waals surface area (Å²) in [6.45, 7) is 2.36. The van der Waals surface area contributed by atoms with E-state index in [9.17, 15) is 9.59 Å². The first-order valence-corrected chi connectivity index (χ1v) is 8.32. The van der Waals surface area contributed by atoms with Crippen LogP contribution in [-0.4, -0.2) is 18.4 Å². The van der Waals surface area contributed by atoms with Crippen LogP contribution in [-0.2, 0) is 9.59 Å². The second-order valence-electron chi connectivity index (χ2n) is 5.86. The number of rotatable bonds is 3. The lowest BCUT2D eigenvalue weighted by molar-refractivity contribution is -0.122. The zero-order valence-corrected chi connectivity index (χ0v) is 14.6. The fraction of sp³-hybridized carbons (Fsp3) is 0.222. The summed E-state index contributed by atoms with van der Waals surface area (Å²) in [7, 11) is 0. The van der Waals surface area contributed by atoms with Gasteiger partial charge in [-0.15, -0.1) is 0 Å². The number of nitrogens with one attached hydrogen (secondary N) is 1. The SMILES string of the molecule is Cc1ccc(N2C[C@H](C(=O)Nc3ccc(Cl)c(Cl)c3)CC2=O)cc1. The first-order valence-electron chi connectivity index (χ1n) is 7.57. The molecule has 2 aromatic rings. The number of carbonyl (C=O) groups is 2. The van der Waals surface area contributed by atoms with Crippen molar-refractivity contribution in [2.45, 2.75) is 13.3 Å². The number of hydrogen-bond donors (Lipinski definition) is 1. The highest BCUT2D eigenvalue weighted by Crippen LogP contribution is 2.28. The van der Waals surface area contributed by atoms with Gasteiger partial charge in [-0.1, -0.05) is 40.9 Å². The van der Waals surface area contributed by atoms with Gasteiger partial charge >= 0.3 is 0 Å². The molecule has 0 saturated carbocycles. The smallest absolute Gasteiger partial charge is 0.229 e. The molecule has 6 heteroatoms. The van der Waals surface area contributed by atoms with Crippen molar-refractivity contribution < 1.29 is 9.59 Å². The van der Waals surface area contributed by atoms with Crippen molar-refractivity contribution in [3.8, 4) is 0 Å². The Hall–Kier alpha value is -2.04. The maximum Gasteiger partial charge on any atom is 0.229 e. The number of aryl methyl sites for hydroxylation is 1. The van der Waals surface area contributed by atoms with Crippen LogP contribution in [0.15, 0.2) is 42.5 Å². The third kappa shape index (κ3) is 3.55. The Bertz CT molecular complexity index is 790. The quantitative estimate of drug-likeness (QED) is 0.884. The molecule has 0 bridgehead atoms. The van der Waals surface area contributed by atoms with Crippen LogP contribution in [0.4, 0.5) is 11.4 Å². The molecule has 1 saturated heterocycles. The predicted octanol–water partition coefficient (Wildman–Crippen LogP) is 4.29. The molecular weight excluding hydrogens is 347 g/mol. The summed E-state index contributed by atoms with van der Waals surface area (Å²) in [4.78, 5) is 26.3. The topological polar surface area (TPSA) is 49.4 Å². The number of halogens is 2. The van der Waals surface area contributed by atoms with E-state index in [4.69, 9.17) is 23.2 Å². The number of nitrogens with zero attached hydrogens (tertiary/aromatic N) is 1. The molecule has 0 unspecified atom stereocenters. The average Bonchev–Trinajstić information content (AvgIpc) is 2.94. The van der Waals surface area contributed by atoms with Gasteiger partial charge in [0.05, 0.1) is 16.0 Å². The largest absolute Gasteiger partial charge is 0.326 e. The Morgan fingerprint density at radius 1 is 1.12 bits per heavy atom. The highest BCUT2D eigenvalue weighted by Gasteiger charge is 2.35. The Labute approximate surface area is 150 Å². The summed E-state index contributed by atoms with van der Waals surface area (Å²) in [5, 5.41) is 3.59. The molecule has 1 N–H and O–H groups in total. The molecule has 2 amide bonds. The first kappa shape index (κ1) is 16.8. The van der Waals surface area contributed by atoms with Crippen molar-refractivity contribution in [3.63, 3.8) is 0 Å². The summed E-state index contributed by atoms with van der Waals surface area (Å²) in [6.07, 6.45) is 0.195. The van der Waals surface area contributed by atoms with E-state index in [0.717, 1.165) is 11.3 Å². The summed E-state index contributed by atoms with van der Waals surface area (Å²) >= 11 is 11.8. The van der Waals surface area contributed by atoms with Crippen LogP contribution >= 0.6 is 23.2 Å². The van der Waals surface area contributed by atoms with E-state index in [1.165, 1.54) is 0 Å². The number of benzene rings is 2. The lowest BCUT2D eigenvalue weighted by Crippen LogP contribution is -2.28. The van der Waals surface area contributed by atoms with Crippen molar-refractivity contribution in [2.75, 3.05) is 16.8 Å². The average molecular weight is 363 g/mol. The predicted molar refractivity (Wildman–Crippen MR) is 96.7 cm³/mol. The van der Waals surface area contributed by atoms with E-state index in [-0.39, 0.29) is 18.2 Å². The van der Waals surface area contributed by atoms with Gasteiger partial charge in [0, 0.05) is 24.3 Å². The minimum absolute atomic E-state index is 0.0480. The fourth-order valence-electron chi connectivity index (χ4n) is 2.68. The van der Waals surface area contributed by atoms with Crippen LogP contribution in [0, 0.1) is 12.8 Å². The molecule has 0 spiro atoms. The fourth-order valence-corrected chi connectivity index (χ4v) is 2.97. The highest BCUT2D eigenvalue weighted by molar-refractivity contribution is 6.42. The standard InChI is InChI=1S/C18H16Cl2N2O2/c1-11-2-5-14(6-3-11)22-10-12(8-17(22)23)18(24)21-13-4-7-15(19)16(20)9-13/h2-7,9,12H,8,10H2,1H3,(H,21,24)/t12-/m1/s1. The van der Waals surface area contributed by atoms with Crippen LogP contribution in [0.2, 0.25) is 10.0 Å². The first-order chi connectivity index (χ1) is 11.4.